The molecule has 0 aromatic heterocycles. The number of hydrogen-bond donors (Lipinski definition) is 2. The molecule has 0 aliphatic rings. The summed E-state index contributed by atoms with van der Waals surface area (Å²) in [6.45, 7) is 0.499. The van der Waals surface area contributed by atoms with Gasteiger partial charge in [-0.15, -0.1) is 6.42 Å². The summed E-state index contributed by atoms with van der Waals surface area (Å²) in [7, 11) is 3.44. The summed E-state index contributed by atoms with van der Waals surface area (Å²) in [4.78, 5) is 0. The molecule has 3 nitrogen and oxygen atoms in total. The lowest BCUT2D eigenvalue weighted by Gasteiger charge is -2.16. The predicted octanol–water partition coefficient (Wildman–Crippen LogP) is 1.28. The van der Waals surface area contributed by atoms with Gasteiger partial charge >= 0.3 is 0 Å². The molecule has 0 amide bonds. The number of benzene rings is 1. The van der Waals surface area contributed by atoms with Crippen molar-refractivity contribution in [3.8, 4) is 18.1 Å². The number of ether oxygens (including phenoxy) is 1. The Balaban J connectivity index is 2.98. The zero-order valence-corrected chi connectivity index (χ0v) is 8.95. The molecule has 3 heteroatoms. The Morgan fingerprint density at radius 2 is 2.33 bits per heavy atom. The Kier molecular flexibility index (Phi) is 4.17. The molecule has 0 heterocycles. The molecule has 0 saturated carbocycles. The van der Waals surface area contributed by atoms with Crippen molar-refractivity contribution in [2.24, 2.45) is 0 Å². The minimum absolute atomic E-state index is 0.0261. The number of nitrogens with one attached hydrogen (secondary N) is 1. The maximum atomic E-state index is 9.76. The first-order valence-corrected chi connectivity index (χ1v) is 4.68. The molecule has 0 fully saturated rings. The fourth-order valence-corrected chi connectivity index (χ4v) is 1.42. The zero-order valence-electron chi connectivity index (χ0n) is 8.95. The average Bonchev–Trinajstić information content (AvgIpc) is 2.26. The Labute approximate surface area is 90.1 Å². The average molecular weight is 205 g/mol. The Bertz CT molecular complexity index is 368. The third-order valence-electron chi connectivity index (χ3n) is 2.25. The van der Waals surface area contributed by atoms with Crippen LogP contribution in [0.25, 0.3) is 0 Å². The van der Waals surface area contributed by atoms with Gasteiger partial charge in [-0.25, -0.2) is 0 Å². The second kappa shape index (κ2) is 5.40. The van der Waals surface area contributed by atoms with Gasteiger partial charge in [0.1, 0.15) is 5.75 Å². The number of terminal acetylenes is 1. The summed E-state index contributed by atoms with van der Waals surface area (Å²) < 4.78 is 5.05. The summed E-state index contributed by atoms with van der Waals surface area (Å²) in [6, 6.07) is 5.16. The normalized spacial score (nSPS) is 12.1. The van der Waals surface area contributed by atoms with Gasteiger partial charge in [-0.3, -0.25) is 0 Å². The summed E-state index contributed by atoms with van der Waals surface area (Å²) >= 11 is 0. The number of aromatic hydroxyl groups is 1. The standard InChI is InChI=1S/C12H15NO2/c1-4-9-5-6-10(12(14)7-9)11(13-2)8-15-3/h1,5-7,11,13-14H,8H2,2-3H3/t11-/m1/s1. The molecule has 0 spiro atoms. The molecular formula is C12H15NO2. The van der Waals surface area contributed by atoms with E-state index in [9.17, 15) is 5.11 Å². The van der Waals surface area contributed by atoms with Gasteiger partial charge in [-0.05, 0) is 19.2 Å². The van der Waals surface area contributed by atoms with Crippen LogP contribution in [0.3, 0.4) is 0 Å². The van der Waals surface area contributed by atoms with Crippen LogP contribution in [0.5, 0.6) is 5.75 Å². The van der Waals surface area contributed by atoms with E-state index < -0.39 is 0 Å². The van der Waals surface area contributed by atoms with E-state index in [1.54, 1.807) is 19.2 Å². The second-order valence-electron chi connectivity index (χ2n) is 3.21. The van der Waals surface area contributed by atoms with E-state index in [1.165, 1.54) is 0 Å². The number of rotatable bonds is 4. The minimum Gasteiger partial charge on any atom is -0.508 e. The quantitative estimate of drug-likeness (QED) is 0.728. The van der Waals surface area contributed by atoms with E-state index in [0.29, 0.717) is 12.2 Å². The summed E-state index contributed by atoms with van der Waals surface area (Å²) in [6.07, 6.45) is 5.23. The van der Waals surface area contributed by atoms with Crippen molar-refractivity contribution in [1.29, 1.82) is 0 Å². The lowest BCUT2D eigenvalue weighted by Crippen LogP contribution is -2.21. The molecule has 0 unspecified atom stereocenters. The third kappa shape index (κ3) is 2.72. The van der Waals surface area contributed by atoms with Gasteiger partial charge < -0.3 is 15.2 Å². The van der Waals surface area contributed by atoms with Crippen LogP contribution in [-0.4, -0.2) is 25.9 Å². The van der Waals surface area contributed by atoms with Gasteiger partial charge in [-0.2, -0.15) is 0 Å². The van der Waals surface area contributed by atoms with Gasteiger partial charge in [-0.1, -0.05) is 12.0 Å². The number of phenols is 1. The number of likely N-dealkylation sites (N-methyl/N-ethyl adjacent to an activating group) is 1. The van der Waals surface area contributed by atoms with Crippen molar-refractivity contribution < 1.29 is 9.84 Å². The van der Waals surface area contributed by atoms with Crippen LogP contribution in [-0.2, 0) is 4.74 Å². The largest absolute Gasteiger partial charge is 0.508 e. The van der Waals surface area contributed by atoms with Crippen LogP contribution in [0, 0.1) is 12.3 Å². The highest BCUT2D eigenvalue weighted by Crippen LogP contribution is 2.25. The maximum Gasteiger partial charge on any atom is 0.121 e. The van der Waals surface area contributed by atoms with Crippen LogP contribution in [0.2, 0.25) is 0 Å². The Morgan fingerprint density at radius 3 is 2.80 bits per heavy atom. The van der Waals surface area contributed by atoms with Crippen LogP contribution in [0.15, 0.2) is 18.2 Å². The van der Waals surface area contributed by atoms with Gasteiger partial charge in [0.05, 0.1) is 12.6 Å². The van der Waals surface area contributed by atoms with Crippen LogP contribution in [0.1, 0.15) is 17.2 Å². The SMILES string of the molecule is C#Cc1ccc([C@@H](COC)NC)c(O)c1. The van der Waals surface area contributed by atoms with Crippen molar-refractivity contribution in [1.82, 2.24) is 5.32 Å². The summed E-state index contributed by atoms with van der Waals surface area (Å²) in [5.74, 6) is 2.67. The highest BCUT2D eigenvalue weighted by Gasteiger charge is 2.13. The molecule has 80 valence electrons. The van der Waals surface area contributed by atoms with E-state index in [4.69, 9.17) is 11.2 Å². The lowest BCUT2D eigenvalue weighted by molar-refractivity contribution is 0.169. The van der Waals surface area contributed by atoms with E-state index >= 15 is 0 Å². The lowest BCUT2D eigenvalue weighted by atomic mass is 10.0. The van der Waals surface area contributed by atoms with Crippen LogP contribution in [0.4, 0.5) is 0 Å². The van der Waals surface area contributed by atoms with Crippen molar-refractivity contribution in [3.05, 3.63) is 29.3 Å². The fraction of sp³-hybridized carbons (Fsp3) is 0.333. The van der Waals surface area contributed by atoms with Gasteiger partial charge in [0, 0.05) is 18.2 Å². The molecule has 1 atom stereocenters. The Morgan fingerprint density at radius 1 is 1.60 bits per heavy atom. The Hall–Kier alpha value is -1.50. The minimum atomic E-state index is -0.0261. The van der Waals surface area contributed by atoms with Crippen molar-refractivity contribution in [3.63, 3.8) is 0 Å². The van der Waals surface area contributed by atoms with Crippen molar-refractivity contribution in [2.75, 3.05) is 20.8 Å². The monoisotopic (exact) mass is 205 g/mol. The molecule has 0 aliphatic carbocycles. The topological polar surface area (TPSA) is 41.5 Å². The maximum absolute atomic E-state index is 9.76. The van der Waals surface area contributed by atoms with Gasteiger partial charge in [0.25, 0.3) is 0 Å². The highest BCUT2D eigenvalue weighted by molar-refractivity contribution is 5.44. The fourth-order valence-electron chi connectivity index (χ4n) is 1.42. The molecule has 0 bridgehead atoms. The molecule has 1 rings (SSSR count). The number of hydrogen-bond acceptors (Lipinski definition) is 3. The molecule has 2 N–H and O–H groups in total. The first-order valence-electron chi connectivity index (χ1n) is 4.68. The highest BCUT2D eigenvalue weighted by atomic mass is 16.5. The van der Waals surface area contributed by atoms with Crippen molar-refractivity contribution in [2.45, 2.75) is 6.04 Å². The van der Waals surface area contributed by atoms with Crippen LogP contribution >= 0.6 is 0 Å². The van der Waals surface area contributed by atoms with E-state index in [1.807, 2.05) is 13.1 Å². The molecular weight excluding hydrogens is 190 g/mol. The summed E-state index contributed by atoms with van der Waals surface area (Å²) in [5.41, 5.74) is 1.46. The molecule has 0 aliphatic heterocycles. The molecule has 15 heavy (non-hydrogen) atoms. The molecule has 1 aromatic rings. The molecule has 0 saturated heterocycles. The first-order chi connectivity index (χ1) is 7.22. The summed E-state index contributed by atoms with van der Waals surface area (Å²) in [5, 5.41) is 12.8. The molecule has 1 aromatic carbocycles. The van der Waals surface area contributed by atoms with Gasteiger partial charge in [0.2, 0.25) is 0 Å². The van der Waals surface area contributed by atoms with E-state index in [2.05, 4.69) is 11.2 Å². The van der Waals surface area contributed by atoms with Gasteiger partial charge in [0.15, 0.2) is 0 Å². The first kappa shape index (κ1) is 11.6. The smallest absolute Gasteiger partial charge is 0.121 e. The third-order valence-corrected chi connectivity index (χ3v) is 2.25. The predicted molar refractivity (Wildman–Crippen MR) is 59.7 cm³/mol. The second-order valence-corrected chi connectivity index (χ2v) is 3.21. The van der Waals surface area contributed by atoms with E-state index in [-0.39, 0.29) is 11.8 Å². The number of methoxy groups -OCH3 is 1. The molecule has 0 radical (unpaired) electrons. The van der Waals surface area contributed by atoms with Crippen LogP contribution < -0.4 is 5.32 Å². The van der Waals surface area contributed by atoms with Crippen molar-refractivity contribution >= 4 is 0 Å². The zero-order chi connectivity index (χ0) is 11.3. The van der Waals surface area contributed by atoms with E-state index in [0.717, 1.165) is 5.56 Å². The number of phenolic OH excluding ortho intramolecular Hbond substituents is 1.